The smallest absolute Gasteiger partial charge is 0.289 e. The second kappa shape index (κ2) is 3.90. The lowest BCUT2D eigenvalue weighted by molar-refractivity contribution is 0.0659. The van der Waals surface area contributed by atoms with Crippen molar-refractivity contribution in [2.75, 3.05) is 19.6 Å². The molecule has 2 saturated heterocycles. The Hall–Kier alpha value is -1.80. The molecule has 3 rings (SSSR count). The Labute approximate surface area is 99.0 Å². The highest BCUT2D eigenvalue weighted by atomic mass is 16.3. The van der Waals surface area contributed by atoms with Gasteiger partial charge in [-0.2, -0.15) is 5.26 Å². The van der Waals surface area contributed by atoms with Gasteiger partial charge in [-0.15, -0.1) is 0 Å². The van der Waals surface area contributed by atoms with Gasteiger partial charge in [-0.25, -0.2) is 0 Å². The number of hydrogen-bond acceptors (Lipinski definition) is 4. The summed E-state index contributed by atoms with van der Waals surface area (Å²) in [4.78, 5) is 14.0. The van der Waals surface area contributed by atoms with Crippen LogP contribution in [0.4, 0.5) is 0 Å². The summed E-state index contributed by atoms with van der Waals surface area (Å²) in [7, 11) is 0. The van der Waals surface area contributed by atoms with E-state index in [0.717, 1.165) is 26.1 Å². The average Bonchev–Trinajstić information content (AvgIpc) is 2.95. The fourth-order valence-corrected chi connectivity index (χ4v) is 2.66. The fraction of sp³-hybridized carbons (Fsp3) is 0.500. The largest absolute Gasteiger partial charge is 0.458 e. The highest BCUT2D eigenvalue weighted by molar-refractivity contribution is 5.92. The Bertz CT molecular complexity index is 476. The molecule has 88 valence electrons. The van der Waals surface area contributed by atoms with Gasteiger partial charge in [0, 0.05) is 31.7 Å². The van der Waals surface area contributed by atoms with Crippen LogP contribution in [0.2, 0.25) is 0 Å². The third-order valence-electron chi connectivity index (χ3n) is 3.46. The number of piperidine rings is 1. The summed E-state index contributed by atoms with van der Waals surface area (Å²) in [5.74, 6) is 0.718. The molecule has 2 atom stereocenters. The quantitative estimate of drug-likeness (QED) is 0.767. The van der Waals surface area contributed by atoms with Gasteiger partial charge < -0.3 is 14.6 Å². The fourth-order valence-electron chi connectivity index (χ4n) is 2.66. The lowest BCUT2D eigenvalue weighted by atomic mass is 10.00. The van der Waals surface area contributed by atoms with Gasteiger partial charge in [-0.3, -0.25) is 4.79 Å². The van der Waals surface area contributed by atoms with E-state index in [0.29, 0.717) is 17.5 Å². The number of likely N-dealkylation sites (tertiary alicyclic amines) is 1. The number of nitrogens with one attached hydrogen (secondary N) is 1. The topological polar surface area (TPSA) is 69.3 Å². The Morgan fingerprint density at radius 3 is 3.18 bits per heavy atom. The summed E-state index contributed by atoms with van der Waals surface area (Å²) in [5.41, 5.74) is 0.395. The zero-order chi connectivity index (χ0) is 11.8. The molecule has 0 aromatic carbocycles. The number of nitriles is 1. The number of rotatable bonds is 1. The van der Waals surface area contributed by atoms with Crippen LogP contribution >= 0.6 is 0 Å². The summed E-state index contributed by atoms with van der Waals surface area (Å²) >= 11 is 0. The monoisotopic (exact) mass is 231 g/mol. The Balaban J connectivity index is 1.76. The predicted octanol–water partition coefficient (Wildman–Crippen LogP) is 0.585. The van der Waals surface area contributed by atoms with Crippen molar-refractivity contribution in [2.24, 2.45) is 5.92 Å². The van der Waals surface area contributed by atoms with E-state index in [9.17, 15) is 4.79 Å². The van der Waals surface area contributed by atoms with E-state index in [-0.39, 0.29) is 11.7 Å². The molecule has 3 heterocycles. The Morgan fingerprint density at radius 1 is 1.59 bits per heavy atom. The molecule has 1 aromatic rings. The highest BCUT2D eigenvalue weighted by Crippen LogP contribution is 2.23. The molecule has 2 aliphatic rings. The third kappa shape index (κ3) is 1.81. The number of furan rings is 1. The molecule has 1 amide bonds. The number of amides is 1. The first-order valence-corrected chi connectivity index (χ1v) is 5.77. The molecule has 5 heteroatoms. The number of carbonyl (C=O) groups excluding carboxylic acids is 1. The number of hydrogen-bond donors (Lipinski definition) is 1. The average molecular weight is 231 g/mol. The molecule has 2 aliphatic heterocycles. The van der Waals surface area contributed by atoms with Gasteiger partial charge in [-0.05, 0) is 12.3 Å². The van der Waals surface area contributed by atoms with Gasteiger partial charge in [0.15, 0.2) is 5.76 Å². The Morgan fingerprint density at radius 2 is 2.47 bits per heavy atom. The Kier molecular flexibility index (Phi) is 2.37. The lowest BCUT2D eigenvalue weighted by Gasteiger charge is -2.30. The molecule has 0 aliphatic carbocycles. The predicted molar refractivity (Wildman–Crippen MR) is 59.2 cm³/mol. The molecule has 1 N–H and O–H groups in total. The number of fused-ring (bicyclic) bond motifs is 2. The van der Waals surface area contributed by atoms with E-state index in [2.05, 4.69) is 5.32 Å². The first-order valence-electron chi connectivity index (χ1n) is 5.77. The normalized spacial score (nSPS) is 26.9. The summed E-state index contributed by atoms with van der Waals surface area (Å²) in [6.07, 6.45) is 2.48. The van der Waals surface area contributed by atoms with Crippen LogP contribution in [-0.2, 0) is 0 Å². The molecule has 2 fully saturated rings. The van der Waals surface area contributed by atoms with Gasteiger partial charge in [0.2, 0.25) is 0 Å². The molecule has 0 unspecified atom stereocenters. The summed E-state index contributed by atoms with van der Waals surface area (Å²) < 4.78 is 5.13. The molecule has 0 spiro atoms. The molecule has 1 aromatic heterocycles. The van der Waals surface area contributed by atoms with Gasteiger partial charge in [0.25, 0.3) is 5.91 Å². The van der Waals surface area contributed by atoms with Crippen LogP contribution in [0.3, 0.4) is 0 Å². The van der Waals surface area contributed by atoms with Gasteiger partial charge in [0.1, 0.15) is 12.3 Å². The van der Waals surface area contributed by atoms with Crippen molar-refractivity contribution in [3.05, 3.63) is 23.7 Å². The summed E-state index contributed by atoms with van der Waals surface area (Å²) in [6.45, 7) is 2.51. The molecule has 0 radical (unpaired) electrons. The molecular formula is C12H13N3O2. The van der Waals surface area contributed by atoms with Crippen molar-refractivity contribution in [1.82, 2.24) is 10.2 Å². The van der Waals surface area contributed by atoms with Gasteiger partial charge in [0.05, 0.1) is 5.56 Å². The van der Waals surface area contributed by atoms with Crippen molar-refractivity contribution >= 4 is 5.91 Å². The maximum absolute atomic E-state index is 12.1. The van der Waals surface area contributed by atoms with Crippen LogP contribution in [-0.4, -0.2) is 36.5 Å². The standard InChI is InChI=1S/C12H13N3O2/c13-3-8-2-11(17-7-8)12(16)15-5-9-1-10(6-15)14-4-9/h2,7,9-10,14H,1,4-6H2/t9-,10-/m0/s1. The minimum Gasteiger partial charge on any atom is -0.458 e. The number of carbonyl (C=O) groups is 1. The van der Waals surface area contributed by atoms with E-state index in [4.69, 9.17) is 9.68 Å². The molecular weight excluding hydrogens is 218 g/mol. The van der Waals surface area contributed by atoms with Crippen LogP contribution in [0.1, 0.15) is 22.5 Å². The zero-order valence-electron chi connectivity index (χ0n) is 9.35. The minimum atomic E-state index is -0.107. The second-order valence-corrected chi connectivity index (χ2v) is 4.73. The maximum atomic E-state index is 12.1. The minimum absolute atomic E-state index is 0.107. The maximum Gasteiger partial charge on any atom is 0.289 e. The van der Waals surface area contributed by atoms with E-state index in [1.54, 1.807) is 0 Å². The van der Waals surface area contributed by atoms with Crippen LogP contribution in [0, 0.1) is 17.2 Å². The van der Waals surface area contributed by atoms with Crippen molar-refractivity contribution in [3.63, 3.8) is 0 Å². The van der Waals surface area contributed by atoms with E-state index in [1.165, 1.54) is 12.3 Å². The molecule has 5 nitrogen and oxygen atoms in total. The summed E-state index contributed by atoms with van der Waals surface area (Å²) in [6, 6.07) is 3.88. The van der Waals surface area contributed by atoms with Crippen molar-refractivity contribution < 1.29 is 9.21 Å². The SMILES string of the molecule is N#Cc1coc(C(=O)N2C[C@@H]3CN[C@@H](C3)C2)c1. The van der Waals surface area contributed by atoms with E-state index in [1.807, 2.05) is 11.0 Å². The van der Waals surface area contributed by atoms with E-state index < -0.39 is 0 Å². The zero-order valence-corrected chi connectivity index (χ0v) is 9.35. The van der Waals surface area contributed by atoms with Crippen molar-refractivity contribution in [1.29, 1.82) is 5.26 Å². The highest BCUT2D eigenvalue weighted by Gasteiger charge is 2.35. The summed E-state index contributed by atoms with van der Waals surface area (Å²) in [5, 5.41) is 12.1. The first-order chi connectivity index (χ1) is 8.26. The van der Waals surface area contributed by atoms with Crippen LogP contribution in [0.25, 0.3) is 0 Å². The molecule has 0 saturated carbocycles. The van der Waals surface area contributed by atoms with Crippen LogP contribution in [0.5, 0.6) is 0 Å². The molecule has 17 heavy (non-hydrogen) atoms. The van der Waals surface area contributed by atoms with Crippen molar-refractivity contribution in [3.8, 4) is 6.07 Å². The van der Waals surface area contributed by atoms with Crippen LogP contribution in [0.15, 0.2) is 16.7 Å². The number of nitrogens with zero attached hydrogens (tertiary/aromatic N) is 2. The van der Waals surface area contributed by atoms with Gasteiger partial charge >= 0.3 is 0 Å². The third-order valence-corrected chi connectivity index (χ3v) is 3.46. The second-order valence-electron chi connectivity index (χ2n) is 4.73. The lowest BCUT2D eigenvalue weighted by Crippen LogP contribution is -2.44. The first kappa shape index (κ1) is 10.4. The van der Waals surface area contributed by atoms with Crippen molar-refractivity contribution in [2.45, 2.75) is 12.5 Å². The van der Waals surface area contributed by atoms with E-state index >= 15 is 0 Å². The van der Waals surface area contributed by atoms with Crippen LogP contribution < -0.4 is 5.32 Å². The molecule has 2 bridgehead atoms. The van der Waals surface area contributed by atoms with Gasteiger partial charge in [-0.1, -0.05) is 0 Å².